The second-order valence-corrected chi connectivity index (χ2v) is 10.0. The third-order valence-electron chi connectivity index (χ3n) is 6.99. The van der Waals surface area contributed by atoms with Crippen LogP contribution in [0.15, 0.2) is 24.3 Å². The van der Waals surface area contributed by atoms with Gasteiger partial charge in [0.2, 0.25) is 17.7 Å². The van der Waals surface area contributed by atoms with Gasteiger partial charge in [-0.2, -0.15) is 5.21 Å². The van der Waals surface area contributed by atoms with E-state index in [0.29, 0.717) is 24.4 Å². The Kier molecular flexibility index (Phi) is 10.2. The summed E-state index contributed by atoms with van der Waals surface area (Å²) in [6.07, 6.45) is 0.865. The van der Waals surface area contributed by atoms with Crippen molar-refractivity contribution < 1.29 is 29.1 Å². The molecule has 3 amide bonds. The first-order valence-corrected chi connectivity index (χ1v) is 13.0. The number of aromatic nitrogens is 4. The number of aliphatic carboxylic acids is 1. The number of tetrazole rings is 1. The summed E-state index contributed by atoms with van der Waals surface area (Å²) in [6.45, 7) is 5.15. The number of H-pyrrole nitrogens is 1. The van der Waals surface area contributed by atoms with Gasteiger partial charge in [0.1, 0.15) is 11.8 Å². The quantitative estimate of drug-likeness (QED) is 0.271. The van der Waals surface area contributed by atoms with Crippen LogP contribution in [-0.4, -0.2) is 67.8 Å². The lowest BCUT2D eigenvalue weighted by Gasteiger charge is -2.26. The molecule has 210 valence electrons. The molecular weight excluding hydrogens is 506 g/mol. The molecule has 1 aromatic heterocycles. The van der Waals surface area contributed by atoms with E-state index in [0.717, 1.165) is 5.56 Å². The van der Waals surface area contributed by atoms with Crippen molar-refractivity contribution in [3.05, 3.63) is 35.7 Å². The highest BCUT2D eigenvalue weighted by Gasteiger charge is 2.38. The van der Waals surface area contributed by atoms with Gasteiger partial charge in [-0.1, -0.05) is 50.6 Å². The number of carboxylic acid groups (broad SMARTS) is 1. The molecule has 2 aromatic rings. The Balaban J connectivity index is 1.65. The van der Waals surface area contributed by atoms with Crippen molar-refractivity contribution in [1.82, 2.24) is 31.3 Å². The number of fused-ring (bicyclic) bond motifs is 1. The largest absolute Gasteiger partial charge is 0.481 e. The van der Waals surface area contributed by atoms with Gasteiger partial charge in [0.25, 0.3) is 0 Å². The Labute approximate surface area is 226 Å². The van der Waals surface area contributed by atoms with Crippen LogP contribution in [0.3, 0.4) is 0 Å². The second kappa shape index (κ2) is 13.6. The topological polar surface area (TPSA) is 187 Å². The smallest absolute Gasteiger partial charge is 0.303 e. The SMILES string of the molecule is CC[C@H](C)[C@H](CC(=O)CC(C)CC(=O)O)C(=O)NCC(=O)N1c2ccccc2C[C@H]1C(=O)NCc1nn[nH]n1. The Morgan fingerprint density at radius 3 is 2.51 bits per heavy atom. The summed E-state index contributed by atoms with van der Waals surface area (Å²) in [5.41, 5.74) is 1.42. The predicted octanol–water partition coefficient (Wildman–Crippen LogP) is 1.01. The summed E-state index contributed by atoms with van der Waals surface area (Å²) >= 11 is 0. The van der Waals surface area contributed by atoms with Crippen molar-refractivity contribution >= 4 is 35.2 Å². The van der Waals surface area contributed by atoms with Crippen molar-refractivity contribution in [2.24, 2.45) is 17.8 Å². The molecule has 0 saturated heterocycles. The predicted molar refractivity (Wildman–Crippen MR) is 139 cm³/mol. The number of hydrogen-bond acceptors (Lipinski definition) is 8. The van der Waals surface area contributed by atoms with E-state index in [2.05, 4.69) is 31.3 Å². The van der Waals surface area contributed by atoms with E-state index in [1.54, 1.807) is 19.1 Å². The van der Waals surface area contributed by atoms with Crippen LogP contribution >= 0.6 is 0 Å². The zero-order valence-corrected chi connectivity index (χ0v) is 22.3. The van der Waals surface area contributed by atoms with Crippen LogP contribution < -0.4 is 15.5 Å². The number of hydrogen-bond donors (Lipinski definition) is 4. The van der Waals surface area contributed by atoms with Crippen LogP contribution in [0.1, 0.15) is 57.8 Å². The average molecular weight is 542 g/mol. The fourth-order valence-electron chi connectivity index (χ4n) is 4.75. The molecule has 1 unspecified atom stereocenters. The van der Waals surface area contributed by atoms with E-state index in [1.165, 1.54) is 4.90 Å². The molecule has 4 atom stereocenters. The third-order valence-corrected chi connectivity index (χ3v) is 6.99. The van der Waals surface area contributed by atoms with Gasteiger partial charge in [-0.3, -0.25) is 28.9 Å². The number of carboxylic acids is 1. The fraction of sp³-hybridized carbons (Fsp3) is 0.538. The molecule has 1 aliphatic heterocycles. The fourth-order valence-corrected chi connectivity index (χ4v) is 4.75. The number of aromatic amines is 1. The van der Waals surface area contributed by atoms with Gasteiger partial charge in [0, 0.05) is 37.3 Å². The lowest BCUT2D eigenvalue weighted by atomic mass is 9.85. The minimum Gasteiger partial charge on any atom is -0.481 e. The Morgan fingerprint density at radius 2 is 1.85 bits per heavy atom. The molecule has 4 N–H and O–H groups in total. The average Bonchev–Trinajstić information content (AvgIpc) is 3.55. The Morgan fingerprint density at radius 1 is 1.10 bits per heavy atom. The van der Waals surface area contributed by atoms with Crippen LogP contribution in [0.5, 0.6) is 0 Å². The maximum atomic E-state index is 13.4. The van der Waals surface area contributed by atoms with Crippen molar-refractivity contribution in [1.29, 1.82) is 0 Å². The molecule has 3 rings (SSSR count). The highest BCUT2D eigenvalue weighted by atomic mass is 16.4. The van der Waals surface area contributed by atoms with E-state index in [9.17, 15) is 24.0 Å². The van der Waals surface area contributed by atoms with Crippen LogP contribution in [0.4, 0.5) is 5.69 Å². The Bertz CT molecular complexity index is 1190. The molecular formula is C26H35N7O6. The van der Waals surface area contributed by atoms with Crippen LogP contribution in [-0.2, 0) is 36.9 Å². The van der Waals surface area contributed by atoms with Crippen LogP contribution in [0, 0.1) is 17.8 Å². The second-order valence-electron chi connectivity index (χ2n) is 10.0. The zero-order chi connectivity index (χ0) is 28.5. The minimum atomic E-state index is -0.977. The molecule has 13 nitrogen and oxygen atoms in total. The van der Waals surface area contributed by atoms with Crippen LogP contribution in [0.2, 0.25) is 0 Å². The molecule has 1 aromatic carbocycles. The molecule has 2 heterocycles. The number of ketones is 1. The maximum absolute atomic E-state index is 13.4. The number of Topliss-reactive ketones (excluding diaryl/α,β-unsaturated/α-hetero) is 1. The van der Waals surface area contributed by atoms with E-state index in [-0.39, 0.29) is 50.0 Å². The third kappa shape index (κ3) is 7.91. The number of nitrogens with zero attached hydrogens (tertiary/aromatic N) is 4. The standard InChI is InChI=1S/C26H35N7O6/c1-4-16(3)19(12-18(34)9-15(2)10-24(36)37)25(38)28-14-23(35)33-20-8-6-5-7-17(20)11-21(33)26(39)27-13-22-29-31-32-30-22/h5-8,15-16,19,21H,4,9-14H2,1-3H3,(H,27,39)(H,28,38)(H,36,37)(H,29,30,31,32)/t15?,16-,19-,21-/m0/s1. The van der Waals surface area contributed by atoms with Crippen molar-refractivity contribution in [3.8, 4) is 0 Å². The summed E-state index contributed by atoms with van der Waals surface area (Å²) in [6, 6.07) is 6.37. The zero-order valence-electron chi connectivity index (χ0n) is 22.3. The first-order chi connectivity index (χ1) is 18.6. The van der Waals surface area contributed by atoms with E-state index < -0.39 is 35.7 Å². The van der Waals surface area contributed by atoms with Crippen molar-refractivity contribution in [2.45, 2.75) is 65.5 Å². The van der Waals surface area contributed by atoms with Crippen molar-refractivity contribution in [3.63, 3.8) is 0 Å². The summed E-state index contributed by atoms with van der Waals surface area (Å²) in [4.78, 5) is 64.4. The van der Waals surface area contributed by atoms with E-state index in [4.69, 9.17) is 5.11 Å². The monoisotopic (exact) mass is 541 g/mol. The molecule has 39 heavy (non-hydrogen) atoms. The molecule has 0 bridgehead atoms. The molecule has 0 saturated carbocycles. The minimum absolute atomic E-state index is 0.0351. The first kappa shape index (κ1) is 29.4. The van der Waals surface area contributed by atoms with E-state index >= 15 is 0 Å². The van der Waals surface area contributed by atoms with Gasteiger partial charge >= 0.3 is 5.97 Å². The van der Waals surface area contributed by atoms with Gasteiger partial charge in [-0.05, 0) is 23.5 Å². The molecule has 0 radical (unpaired) electrons. The highest BCUT2D eigenvalue weighted by molar-refractivity contribution is 6.05. The van der Waals surface area contributed by atoms with Gasteiger partial charge in [-0.25, -0.2) is 0 Å². The number of benzene rings is 1. The highest BCUT2D eigenvalue weighted by Crippen LogP contribution is 2.32. The summed E-state index contributed by atoms with van der Waals surface area (Å²) in [5.74, 6) is -3.28. The number of amides is 3. The summed E-state index contributed by atoms with van der Waals surface area (Å²) < 4.78 is 0. The summed E-state index contributed by atoms with van der Waals surface area (Å²) in [5, 5.41) is 27.7. The number of nitrogens with one attached hydrogen (secondary N) is 3. The molecule has 0 aliphatic carbocycles. The van der Waals surface area contributed by atoms with Gasteiger partial charge in [0.15, 0.2) is 5.82 Å². The van der Waals surface area contributed by atoms with Crippen LogP contribution in [0.25, 0.3) is 0 Å². The lowest BCUT2D eigenvalue weighted by Crippen LogP contribution is -2.51. The molecule has 0 fully saturated rings. The molecule has 13 heteroatoms. The maximum Gasteiger partial charge on any atom is 0.303 e. The number of carbonyl (C=O) groups is 5. The normalized spacial score (nSPS) is 16.6. The Hall–Kier alpha value is -4.16. The number of carbonyl (C=O) groups excluding carboxylic acids is 4. The van der Waals surface area contributed by atoms with Crippen molar-refractivity contribution in [2.75, 3.05) is 11.4 Å². The summed E-state index contributed by atoms with van der Waals surface area (Å²) in [7, 11) is 0. The van der Waals surface area contributed by atoms with Gasteiger partial charge < -0.3 is 15.7 Å². The molecule has 1 aliphatic rings. The number of para-hydroxylation sites is 1. The first-order valence-electron chi connectivity index (χ1n) is 13.0. The molecule has 0 spiro atoms. The van der Waals surface area contributed by atoms with Gasteiger partial charge in [0.05, 0.1) is 13.1 Å². The van der Waals surface area contributed by atoms with E-state index in [1.807, 2.05) is 26.0 Å². The number of anilines is 1. The van der Waals surface area contributed by atoms with Gasteiger partial charge in [-0.15, -0.1) is 10.2 Å². The number of rotatable bonds is 14. The lowest BCUT2D eigenvalue weighted by molar-refractivity contribution is -0.138.